The van der Waals surface area contributed by atoms with Gasteiger partial charge in [-0.25, -0.2) is 0 Å². The summed E-state index contributed by atoms with van der Waals surface area (Å²) in [6.07, 6.45) is 5.88. The van der Waals surface area contributed by atoms with Gasteiger partial charge >= 0.3 is 0 Å². The Labute approximate surface area is 167 Å². The Morgan fingerprint density at radius 1 is 1.25 bits per heavy atom. The van der Waals surface area contributed by atoms with Crippen molar-refractivity contribution in [2.75, 3.05) is 6.61 Å². The molecule has 1 aromatic carbocycles. The second-order valence-corrected chi connectivity index (χ2v) is 9.42. The van der Waals surface area contributed by atoms with E-state index in [2.05, 4.69) is 26.0 Å². The second kappa shape index (κ2) is 7.40. The fraction of sp³-hybridized carbons (Fsp3) is 0.625. The molecule has 4 nitrogen and oxygen atoms in total. The normalized spacial score (nSPS) is 42.7. The maximum Gasteiger partial charge on any atom is 0.155 e. The molecule has 4 heteroatoms. The van der Waals surface area contributed by atoms with Crippen molar-refractivity contribution < 1.29 is 19.7 Å². The molecule has 3 aliphatic carbocycles. The number of benzene rings is 1. The van der Waals surface area contributed by atoms with Crippen LogP contribution < -0.4 is 0 Å². The van der Waals surface area contributed by atoms with Crippen LogP contribution in [0.25, 0.3) is 0 Å². The van der Waals surface area contributed by atoms with Crippen molar-refractivity contribution in [1.82, 2.24) is 0 Å². The highest BCUT2D eigenvalue weighted by atomic mass is 16.5. The van der Waals surface area contributed by atoms with E-state index in [1.165, 1.54) is 5.56 Å². The highest BCUT2D eigenvalue weighted by molar-refractivity contribution is 5.91. The van der Waals surface area contributed by atoms with Crippen molar-refractivity contribution in [2.24, 2.45) is 28.6 Å². The molecule has 2 N–H and O–H groups in total. The van der Waals surface area contributed by atoms with E-state index in [9.17, 15) is 15.0 Å². The summed E-state index contributed by atoms with van der Waals surface area (Å²) < 4.78 is 6.31. The van der Waals surface area contributed by atoms with Crippen LogP contribution in [-0.2, 0) is 16.1 Å². The monoisotopic (exact) mass is 384 g/mol. The SMILES string of the molecule is C[C@@H]1[C@@H](OCc2ccccc2)CC[C@@]2(C)[C@H]1C[C@@H](O)[C@@]1(CO)C=CC(=O)C[C@@H]21. The Kier molecular flexibility index (Phi) is 5.24. The topological polar surface area (TPSA) is 66.8 Å². The fourth-order valence-corrected chi connectivity index (χ4v) is 6.43. The number of carbonyl (C=O) groups is 1. The second-order valence-electron chi connectivity index (χ2n) is 9.42. The third-order valence-corrected chi connectivity index (χ3v) is 8.14. The van der Waals surface area contributed by atoms with E-state index in [-0.39, 0.29) is 35.7 Å². The van der Waals surface area contributed by atoms with E-state index in [1.54, 1.807) is 12.2 Å². The summed E-state index contributed by atoms with van der Waals surface area (Å²) in [6, 6.07) is 10.2. The molecule has 0 saturated heterocycles. The number of carbonyl (C=O) groups excluding carboxylic acids is 1. The van der Waals surface area contributed by atoms with Gasteiger partial charge in [-0.15, -0.1) is 0 Å². The molecule has 152 valence electrons. The third-order valence-electron chi connectivity index (χ3n) is 8.14. The van der Waals surface area contributed by atoms with Gasteiger partial charge in [0.25, 0.3) is 0 Å². The molecule has 1 aromatic rings. The van der Waals surface area contributed by atoms with E-state index < -0.39 is 11.5 Å². The molecule has 0 bridgehead atoms. The summed E-state index contributed by atoms with van der Waals surface area (Å²) in [4.78, 5) is 12.2. The number of ether oxygens (including phenoxy) is 1. The molecule has 0 radical (unpaired) electrons. The van der Waals surface area contributed by atoms with Crippen LogP contribution in [0.5, 0.6) is 0 Å². The average molecular weight is 385 g/mol. The third kappa shape index (κ3) is 3.06. The molecule has 7 atom stereocenters. The molecule has 0 aliphatic heterocycles. The van der Waals surface area contributed by atoms with Crippen molar-refractivity contribution in [3.8, 4) is 0 Å². The van der Waals surface area contributed by atoms with Gasteiger partial charge in [0, 0.05) is 11.8 Å². The lowest BCUT2D eigenvalue weighted by atomic mass is 9.43. The summed E-state index contributed by atoms with van der Waals surface area (Å²) >= 11 is 0. The zero-order chi connectivity index (χ0) is 19.9. The highest BCUT2D eigenvalue weighted by Gasteiger charge is 2.62. The molecule has 4 rings (SSSR count). The minimum atomic E-state index is -0.684. The first-order chi connectivity index (χ1) is 13.4. The van der Waals surface area contributed by atoms with Crippen LogP contribution in [-0.4, -0.2) is 34.8 Å². The van der Waals surface area contributed by atoms with Gasteiger partial charge in [-0.2, -0.15) is 0 Å². The minimum Gasteiger partial charge on any atom is -0.395 e. The predicted molar refractivity (Wildman–Crippen MR) is 107 cm³/mol. The Hall–Kier alpha value is -1.49. The number of fused-ring (bicyclic) bond motifs is 3. The van der Waals surface area contributed by atoms with Crippen LogP contribution >= 0.6 is 0 Å². The summed E-state index contributed by atoms with van der Waals surface area (Å²) in [7, 11) is 0. The Morgan fingerprint density at radius 2 is 2.00 bits per heavy atom. The molecule has 2 saturated carbocycles. The molecule has 0 heterocycles. The molecule has 0 aromatic heterocycles. The van der Waals surface area contributed by atoms with Crippen LogP contribution in [0, 0.1) is 28.6 Å². The lowest BCUT2D eigenvalue weighted by molar-refractivity contribution is -0.193. The highest BCUT2D eigenvalue weighted by Crippen LogP contribution is 2.63. The Balaban J connectivity index is 1.56. The predicted octanol–water partition coefficient (Wildman–Crippen LogP) is 3.51. The Bertz CT molecular complexity index is 744. The fourth-order valence-electron chi connectivity index (χ4n) is 6.43. The largest absolute Gasteiger partial charge is 0.395 e. The number of aliphatic hydroxyl groups is 2. The molecule has 0 spiro atoms. The summed E-state index contributed by atoms with van der Waals surface area (Å²) in [5.74, 6) is 0.669. The lowest BCUT2D eigenvalue weighted by Crippen LogP contribution is -2.62. The molecular formula is C24H32O4. The van der Waals surface area contributed by atoms with Crippen molar-refractivity contribution in [1.29, 1.82) is 0 Å². The first-order valence-corrected chi connectivity index (χ1v) is 10.6. The lowest BCUT2D eigenvalue weighted by Gasteiger charge is -2.62. The summed E-state index contributed by atoms with van der Waals surface area (Å²) in [5.41, 5.74) is 0.416. The van der Waals surface area contributed by atoms with Crippen LogP contribution in [0.2, 0.25) is 0 Å². The maximum atomic E-state index is 12.2. The van der Waals surface area contributed by atoms with Gasteiger partial charge in [0.05, 0.1) is 25.4 Å². The first kappa shape index (κ1) is 19.8. The summed E-state index contributed by atoms with van der Waals surface area (Å²) in [6.45, 7) is 5.01. The van der Waals surface area contributed by atoms with E-state index in [1.807, 2.05) is 18.2 Å². The zero-order valence-electron chi connectivity index (χ0n) is 16.9. The van der Waals surface area contributed by atoms with Crippen molar-refractivity contribution >= 4 is 5.78 Å². The van der Waals surface area contributed by atoms with Gasteiger partial charge < -0.3 is 14.9 Å². The van der Waals surface area contributed by atoms with E-state index in [4.69, 9.17) is 4.74 Å². The maximum absolute atomic E-state index is 12.2. The van der Waals surface area contributed by atoms with Gasteiger partial charge in [0.2, 0.25) is 0 Å². The number of hydrogen-bond donors (Lipinski definition) is 2. The molecule has 3 aliphatic rings. The number of allylic oxidation sites excluding steroid dienone is 1. The Morgan fingerprint density at radius 3 is 2.71 bits per heavy atom. The van der Waals surface area contributed by atoms with Crippen molar-refractivity contribution in [2.45, 2.75) is 58.3 Å². The van der Waals surface area contributed by atoms with Crippen LogP contribution in [0.3, 0.4) is 0 Å². The number of aliphatic hydroxyl groups excluding tert-OH is 2. The van der Waals surface area contributed by atoms with Crippen molar-refractivity contribution in [3.63, 3.8) is 0 Å². The minimum absolute atomic E-state index is 0.0197. The number of rotatable bonds is 4. The van der Waals surface area contributed by atoms with Crippen LogP contribution in [0.4, 0.5) is 0 Å². The number of ketones is 1. The zero-order valence-corrected chi connectivity index (χ0v) is 16.9. The smallest absolute Gasteiger partial charge is 0.155 e. The van der Waals surface area contributed by atoms with Gasteiger partial charge in [-0.05, 0) is 54.1 Å². The summed E-state index contributed by atoms with van der Waals surface area (Å²) in [5, 5.41) is 21.3. The first-order valence-electron chi connectivity index (χ1n) is 10.6. The molecule has 28 heavy (non-hydrogen) atoms. The van der Waals surface area contributed by atoms with Gasteiger partial charge in [-0.3, -0.25) is 4.79 Å². The van der Waals surface area contributed by atoms with Gasteiger partial charge in [0.1, 0.15) is 0 Å². The quantitative estimate of drug-likeness (QED) is 0.834. The number of hydrogen-bond acceptors (Lipinski definition) is 4. The molecule has 0 amide bonds. The van der Waals surface area contributed by atoms with E-state index >= 15 is 0 Å². The molecule has 2 fully saturated rings. The van der Waals surface area contributed by atoms with E-state index in [0.29, 0.717) is 25.4 Å². The standard InChI is InChI=1S/C24H32O4/c1-16-19-13-22(27)24(15-25)11-8-18(26)12-21(24)23(19,2)10-9-20(16)28-14-17-6-4-3-5-7-17/h3-8,11,16,19-22,25,27H,9-10,12-15H2,1-2H3/t16-,19-,20-,21-,22+,23-,24+/m0/s1. The van der Waals surface area contributed by atoms with Crippen molar-refractivity contribution in [3.05, 3.63) is 48.0 Å². The van der Waals surface area contributed by atoms with Gasteiger partial charge in [-0.1, -0.05) is 50.3 Å². The van der Waals surface area contributed by atoms with Crippen LogP contribution in [0.1, 0.15) is 45.1 Å². The van der Waals surface area contributed by atoms with Gasteiger partial charge in [0.15, 0.2) is 5.78 Å². The molecule has 0 unspecified atom stereocenters. The molecular weight excluding hydrogens is 352 g/mol. The van der Waals surface area contributed by atoms with Crippen LogP contribution in [0.15, 0.2) is 42.5 Å². The average Bonchev–Trinajstić information content (AvgIpc) is 2.71. The van der Waals surface area contributed by atoms with E-state index in [0.717, 1.165) is 12.8 Å².